The van der Waals surface area contributed by atoms with Crippen LogP contribution < -0.4 is 5.73 Å². The fourth-order valence-corrected chi connectivity index (χ4v) is 1.96. The summed E-state index contributed by atoms with van der Waals surface area (Å²) in [4.78, 5) is 4.31. The highest BCUT2D eigenvalue weighted by atomic mass is 14.7. The second kappa shape index (κ2) is 4.35. The first-order valence-corrected chi connectivity index (χ1v) is 5.41. The van der Waals surface area contributed by atoms with Crippen LogP contribution in [0, 0.1) is 13.8 Å². The molecule has 0 aliphatic carbocycles. The van der Waals surface area contributed by atoms with Gasteiger partial charge in [-0.05, 0) is 31.5 Å². The highest BCUT2D eigenvalue weighted by Gasteiger charge is 2.02. The number of hydrogen-bond donors (Lipinski definition) is 1. The average Bonchev–Trinajstić information content (AvgIpc) is 2.20. The molecule has 1 aromatic carbocycles. The van der Waals surface area contributed by atoms with E-state index in [1.54, 1.807) is 6.20 Å². The maximum atomic E-state index is 5.88. The molecule has 0 unspecified atom stereocenters. The number of pyridine rings is 1. The number of nitrogens with two attached hydrogens (primary N) is 1. The van der Waals surface area contributed by atoms with E-state index in [2.05, 4.69) is 37.0 Å². The van der Waals surface area contributed by atoms with Crippen molar-refractivity contribution in [2.75, 3.05) is 5.73 Å². The summed E-state index contributed by atoms with van der Waals surface area (Å²) in [5.41, 5.74) is 11.4. The summed E-state index contributed by atoms with van der Waals surface area (Å²) in [5, 5.41) is 0. The van der Waals surface area contributed by atoms with Gasteiger partial charge in [0, 0.05) is 12.6 Å². The molecule has 0 fully saturated rings. The molecule has 0 bridgehead atoms. The summed E-state index contributed by atoms with van der Waals surface area (Å²) >= 11 is 0. The van der Waals surface area contributed by atoms with Crippen molar-refractivity contribution in [1.82, 2.24) is 4.98 Å². The lowest BCUT2D eigenvalue weighted by Gasteiger charge is -2.06. The van der Waals surface area contributed by atoms with E-state index in [9.17, 15) is 0 Å². The number of hydrogen-bond acceptors (Lipinski definition) is 2. The van der Waals surface area contributed by atoms with E-state index in [1.807, 2.05) is 12.1 Å². The highest BCUT2D eigenvalue weighted by Crippen LogP contribution is 2.16. The molecule has 1 heterocycles. The Hall–Kier alpha value is -1.83. The quantitative estimate of drug-likeness (QED) is 0.831. The second-order valence-electron chi connectivity index (χ2n) is 4.21. The van der Waals surface area contributed by atoms with Crippen molar-refractivity contribution >= 4 is 5.69 Å². The fourth-order valence-electron chi connectivity index (χ4n) is 1.96. The van der Waals surface area contributed by atoms with Crippen molar-refractivity contribution in [3.05, 3.63) is 58.9 Å². The lowest BCUT2D eigenvalue weighted by Crippen LogP contribution is -1.99. The average molecular weight is 212 g/mol. The summed E-state index contributed by atoms with van der Waals surface area (Å²) < 4.78 is 0. The Morgan fingerprint density at radius 1 is 1.12 bits per heavy atom. The predicted molar refractivity (Wildman–Crippen MR) is 67.4 cm³/mol. The van der Waals surface area contributed by atoms with Crippen LogP contribution in [-0.4, -0.2) is 4.98 Å². The van der Waals surface area contributed by atoms with Crippen LogP contribution in [0.3, 0.4) is 0 Å². The van der Waals surface area contributed by atoms with Crippen molar-refractivity contribution in [2.24, 2.45) is 0 Å². The number of aromatic nitrogens is 1. The molecule has 2 aromatic rings. The van der Waals surface area contributed by atoms with E-state index >= 15 is 0 Å². The molecule has 0 aliphatic rings. The molecule has 0 atom stereocenters. The van der Waals surface area contributed by atoms with E-state index in [4.69, 9.17) is 5.73 Å². The van der Waals surface area contributed by atoms with Crippen molar-refractivity contribution in [3.63, 3.8) is 0 Å². The van der Waals surface area contributed by atoms with Crippen LogP contribution >= 0.6 is 0 Å². The van der Waals surface area contributed by atoms with Gasteiger partial charge in [-0.3, -0.25) is 4.98 Å². The van der Waals surface area contributed by atoms with Crippen LogP contribution in [-0.2, 0) is 6.42 Å². The summed E-state index contributed by atoms with van der Waals surface area (Å²) in [6.45, 7) is 4.22. The monoisotopic (exact) mass is 212 g/mol. The molecule has 0 spiro atoms. The first-order valence-electron chi connectivity index (χ1n) is 5.41. The van der Waals surface area contributed by atoms with Crippen LogP contribution in [0.25, 0.3) is 0 Å². The smallest absolute Gasteiger partial charge is 0.0676 e. The van der Waals surface area contributed by atoms with Crippen molar-refractivity contribution < 1.29 is 0 Å². The van der Waals surface area contributed by atoms with E-state index in [1.165, 1.54) is 16.7 Å². The standard InChI is InChI=1S/C14H16N2/c1-10-6-11(2)8-12(7-10)9-14-13(15)4-3-5-16-14/h3-8H,9,15H2,1-2H3. The maximum Gasteiger partial charge on any atom is 0.0676 e. The third-order valence-corrected chi connectivity index (χ3v) is 2.58. The van der Waals surface area contributed by atoms with Crippen molar-refractivity contribution in [3.8, 4) is 0 Å². The summed E-state index contributed by atoms with van der Waals surface area (Å²) in [5.74, 6) is 0. The minimum absolute atomic E-state index is 0.765. The van der Waals surface area contributed by atoms with Gasteiger partial charge in [0.1, 0.15) is 0 Å². The minimum Gasteiger partial charge on any atom is -0.397 e. The molecule has 82 valence electrons. The Morgan fingerprint density at radius 3 is 2.44 bits per heavy atom. The van der Waals surface area contributed by atoms with Gasteiger partial charge in [0.25, 0.3) is 0 Å². The van der Waals surface area contributed by atoms with Gasteiger partial charge in [-0.25, -0.2) is 0 Å². The maximum absolute atomic E-state index is 5.88. The van der Waals surface area contributed by atoms with Crippen LogP contribution in [0.1, 0.15) is 22.4 Å². The first kappa shape index (κ1) is 10.7. The van der Waals surface area contributed by atoms with Gasteiger partial charge < -0.3 is 5.73 Å². The zero-order valence-electron chi connectivity index (χ0n) is 9.70. The van der Waals surface area contributed by atoms with E-state index in [-0.39, 0.29) is 0 Å². The number of benzene rings is 1. The predicted octanol–water partition coefficient (Wildman–Crippen LogP) is 2.87. The Balaban J connectivity index is 2.30. The van der Waals surface area contributed by atoms with Gasteiger partial charge in [-0.2, -0.15) is 0 Å². The highest BCUT2D eigenvalue weighted by molar-refractivity contribution is 5.45. The number of anilines is 1. The SMILES string of the molecule is Cc1cc(C)cc(Cc2ncccc2N)c1. The molecule has 0 saturated heterocycles. The number of nitrogen functional groups attached to an aromatic ring is 1. The van der Waals surface area contributed by atoms with Gasteiger partial charge in [-0.15, -0.1) is 0 Å². The Bertz CT molecular complexity index is 484. The molecule has 1 aromatic heterocycles. The molecule has 2 N–H and O–H groups in total. The largest absolute Gasteiger partial charge is 0.397 e. The van der Waals surface area contributed by atoms with Gasteiger partial charge in [-0.1, -0.05) is 29.3 Å². The molecule has 0 aliphatic heterocycles. The molecule has 2 rings (SSSR count). The summed E-state index contributed by atoms with van der Waals surface area (Å²) in [6, 6.07) is 10.3. The zero-order valence-corrected chi connectivity index (χ0v) is 9.70. The molecule has 0 saturated carbocycles. The van der Waals surface area contributed by atoms with E-state index in [0.717, 1.165) is 17.8 Å². The van der Waals surface area contributed by atoms with Crippen LogP contribution in [0.4, 0.5) is 5.69 Å². The lowest BCUT2D eigenvalue weighted by atomic mass is 10.0. The van der Waals surface area contributed by atoms with E-state index < -0.39 is 0 Å². The number of rotatable bonds is 2. The van der Waals surface area contributed by atoms with Crippen molar-refractivity contribution in [2.45, 2.75) is 20.3 Å². The van der Waals surface area contributed by atoms with Crippen LogP contribution in [0.2, 0.25) is 0 Å². The van der Waals surface area contributed by atoms with Crippen LogP contribution in [0.15, 0.2) is 36.5 Å². The molecule has 2 heteroatoms. The molecule has 2 nitrogen and oxygen atoms in total. The van der Waals surface area contributed by atoms with Crippen LogP contribution in [0.5, 0.6) is 0 Å². The van der Waals surface area contributed by atoms with Gasteiger partial charge in [0.15, 0.2) is 0 Å². The zero-order chi connectivity index (χ0) is 11.5. The number of nitrogens with zero attached hydrogens (tertiary/aromatic N) is 1. The summed E-state index contributed by atoms with van der Waals surface area (Å²) in [7, 11) is 0. The Kier molecular flexibility index (Phi) is 2.91. The lowest BCUT2D eigenvalue weighted by molar-refractivity contribution is 1.07. The summed E-state index contributed by atoms with van der Waals surface area (Å²) in [6.07, 6.45) is 2.59. The Labute approximate surface area is 96.1 Å². The van der Waals surface area contributed by atoms with Gasteiger partial charge >= 0.3 is 0 Å². The third kappa shape index (κ3) is 2.40. The van der Waals surface area contributed by atoms with Gasteiger partial charge in [0.05, 0.1) is 11.4 Å². The second-order valence-corrected chi connectivity index (χ2v) is 4.21. The topological polar surface area (TPSA) is 38.9 Å². The molecule has 0 amide bonds. The molecule has 16 heavy (non-hydrogen) atoms. The molecular weight excluding hydrogens is 196 g/mol. The third-order valence-electron chi connectivity index (χ3n) is 2.58. The fraction of sp³-hybridized carbons (Fsp3) is 0.214. The van der Waals surface area contributed by atoms with E-state index in [0.29, 0.717) is 0 Å². The Morgan fingerprint density at radius 2 is 1.81 bits per heavy atom. The van der Waals surface area contributed by atoms with Gasteiger partial charge in [0.2, 0.25) is 0 Å². The minimum atomic E-state index is 0.765. The molecule has 0 radical (unpaired) electrons. The molecular formula is C14H16N2. The van der Waals surface area contributed by atoms with Crippen molar-refractivity contribution in [1.29, 1.82) is 0 Å². The number of aryl methyl sites for hydroxylation is 2. The first-order chi connectivity index (χ1) is 7.65. The normalized spacial score (nSPS) is 10.4.